The summed E-state index contributed by atoms with van der Waals surface area (Å²) in [6.45, 7) is 1.85. The molecule has 1 aliphatic heterocycles. The summed E-state index contributed by atoms with van der Waals surface area (Å²) in [7, 11) is 0. The maximum atomic E-state index is 12.3. The van der Waals surface area contributed by atoms with Gasteiger partial charge in [0.1, 0.15) is 5.37 Å². The van der Waals surface area contributed by atoms with Crippen LogP contribution in [0.3, 0.4) is 0 Å². The number of amides is 2. The highest BCUT2D eigenvalue weighted by molar-refractivity contribution is 8.01. The van der Waals surface area contributed by atoms with E-state index in [0.717, 1.165) is 5.56 Å². The van der Waals surface area contributed by atoms with Gasteiger partial charge >= 0.3 is 0 Å². The summed E-state index contributed by atoms with van der Waals surface area (Å²) in [4.78, 5) is 28.5. The number of thioether (sulfide) groups is 1. The van der Waals surface area contributed by atoms with E-state index in [1.54, 1.807) is 24.5 Å². The van der Waals surface area contributed by atoms with Crippen LogP contribution in [-0.4, -0.2) is 27.1 Å². The van der Waals surface area contributed by atoms with Gasteiger partial charge in [-0.3, -0.25) is 20.0 Å². The number of aromatic nitrogens is 1. The van der Waals surface area contributed by atoms with Crippen LogP contribution in [0.1, 0.15) is 28.2 Å². The molecule has 2 aromatic rings. The van der Waals surface area contributed by atoms with Gasteiger partial charge in [-0.05, 0) is 24.6 Å². The highest BCUT2D eigenvalue weighted by atomic mass is 32.2. The van der Waals surface area contributed by atoms with E-state index < -0.39 is 0 Å². The molecule has 0 aliphatic carbocycles. The molecule has 1 N–H and O–H groups in total. The van der Waals surface area contributed by atoms with Gasteiger partial charge in [-0.2, -0.15) is 0 Å². The molecule has 0 bridgehead atoms. The van der Waals surface area contributed by atoms with E-state index >= 15 is 0 Å². The number of benzene rings is 1. The summed E-state index contributed by atoms with van der Waals surface area (Å²) in [6.07, 6.45) is 3.10. The highest BCUT2D eigenvalue weighted by Gasteiger charge is 2.39. The van der Waals surface area contributed by atoms with Crippen LogP contribution in [0.2, 0.25) is 0 Å². The number of hydrazine groups is 1. The maximum Gasteiger partial charge on any atom is 0.270 e. The number of carbonyl (C=O) groups is 2. The minimum Gasteiger partial charge on any atom is -0.272 e. The van der Waals surface area contributed by atoms with E-state index in [9.17, 15) is 9.59 Å². The molecule has 112 valence electrons. The van der Waals surface area contributed by atoms with Crippen molar-refractivity contribution in [3.8, 4) is 0 Å². The molecular weight excluding hydrogens is 298 g/mol. The van der Waals surface area contributed by atoms with Crippen LogP contribution in [-0.2, 0) is 4.79 Å². The second-order valence-electron chi connectivity index (χ2n) is 4.93. The SMILES string of the molecule is CC1SC(c2ccccc2)N(NC(=O)c2ccncc2)C1=O. The molecule has 6 heteroatoms. The van der Waals surface area contributed by atoms with Crippen molar-refractivity contribution in [1.82, 2.24) is 15.4 Å². The Morgan fingerprint density at radius 2 is 1.86 bits per heavy atom. The van der Waals surface area contributed by atoms with Gasteiger partial charge in [0.05, 0.1) is 5.25 Å². The molecule has 0 spiro atoms. The van der Waals surface area contributed by atoms with Gasteiger partial charge in [-0.15, -0.1) is 11.8 Å². The van der Waals surface area contributed by atoms with Crippen molar-refractivity contribution in [2.45, 2.75) is 17.5 Å². The van der Waals surface area contributed by atoms with Crippen molar-refractivity contribution in [2.75, 3.05) is 0 Å². The average molecular weight is 313 g/mol. The van der Waals surface area contributed by atoms with E-state index in [1.165, 1.54) is 16.8 Å². The Morgan fingerprint density at radius 1 is 1.18 bits per heavy atom. The van der Waals surface area contributed by atoms with Crippen LogP contribution in [0.4, 0.5) is 0 Å². The van der Waals surface area contributed by atoms with Crippen LogP contribution >= 0.6 is 11.8 Å². The number of nitrogens with one attached hydrogen (secondary N) is 1. The second-order valence-corrected chi connectivity index (χ2v) is 6.35. The Morgan fingerprint density at radius 3 is 2.55 bits per heavy atom. The van der Waals surface area contributed by atoms with Crippen LogP contribution < -0.4 is 5.43 Å². The average Bonchev–Trinajstić information content (AvgIpc) is 2.85. The number of pyridine rings is 1. The van der Waals surface area contributed by atoms with Gasteiger partial charge in [0.2, 0.25) is 0 Å². The Bertz CT molecular complexity index is 678. The van der Waals surface area contributed by atoms with Crippen molar-refractivity contribution in [3.63, 3.8) is 0 Å². The third-order valence-electron chi connectivity index (χ3n) is 3.40. The van der Waals surface area contributed by atoms with Crippen LogP contribution in [0, 0.1) is 0 Å². The molecule has 0 saturated carbocycles. The van der Waals surface area contributed by atoms with E-state index in [0.29, 0.717) is 5.56 Å². The quantitative estimate of drug-likeness (QED) is 0.945. The normalized spacial score (nSPS) is 21.0. The number of hydrogen-bond acceptors (Lipinski definition) is 4. The first kappa shape index (κ1) is 14.6. The first-order valence-corrected chi connectivity index (χ1v) is 7.85. The summed E-state index contributed by atoms with van der Waals surface area (Å²) in [5, 5.41) is 1.02. The minimum absolute atomic E-state index is 0.0961. The van der Waals surface area contributed by atoms with Gasteiger partial charge in [-0.25, -0.2) is 5.01 Å². The molecule has 2 amide bonds. The van der Waals surface area contributed by atoms with E-state index in [-0.39, 0.29) is 22.4 Å². The fraction of sp³-hybridized carbons (Fsp3) is 0.188. The smallest absolute Gasteiger partial charge is 0.270 e. The lowest BCUT2D eigenvalue weighted by atomic mass is 10.2. The Hall–Kier alpha value is -2.34. The summed E-state index contributed by atoms with van der Waals surface area (Å²) in [6, 6.07) is 12.9. The standard InChI is InChI=1S/C16H15N3O2S/c1-11-15(21)19(16(22-11)13-5-3-2-4-6-13)18-14(20)12-7-9-17-10-8-12/h2-11,16H,1H3,(H,18,20). The molecule has 2 atom stereocenters. The van der Waals surface area contributed by atoms with Crippen molar-refractivity contribution in [3.05, 3.63) is 66.0 Å². The van der Waals surface area contributed by atoms with Gasteiger partial charge in [0.25, 0.3) is 11.8 Å². The molecule has 5 nitrogen and oxygen atoms in total. The van der Waals surface area contributed by atoms with Gasteiger partial charge < -0.3 is 0 Å². The zero-order chi connectivity index (χ0) is 15.5. The molecular formula is C16H15N3O2S. The molecule has 3 rings (SSSR count). The summed E-state index contributed by atoms with van der Waals surface area (Å²) < 4.78 is 0. The lowest BCUT2D eigenvalue weighted by Gasteiger charge is -2.24. The molecule has 1 aromatic heterocycles. The van der Waals surface area contributed by atoms with Crippen molar-refractivity contribution in [1.29, 1.82) is 0 Å². The van der Waals surface area contributed by atoms with Gasteiger partial charge in [0, 0.05) is 18.0 Å². The number of nitrogens with zero attached hydrogens (tertiary/aromatic N) is 2. The Balaban J connectivity index is 1.83. The first-order chi connectivity index (χ1) is 10.7. The van der Waals surface area contributed by atoms with Crippen LogP contribution in [0.5, 0.6) is 0 Å². The Labute approximate surface area is 132 Å². The first-order valence-electron chi connectivity index (χ1n) is 6.91. The molecule has 2 unspecified atom stereocenters. The summed E-state index contributed by atoms with van der Waals surface area (Å²) in [5.41, 5.74) is 4.18. The van der Waals surface area contributed by atoms with E-state index in [4.69, 9.17) is 0 Å². The summed E-state index contributed by atoms with van der Waals surface area (Å²) >= 11 is 1.52. The minimum atomic E-state index is -0.314. The predicted octanol–water partition coefficient (Wildman–Crippen LogP) is 2.39. The third kappa shape index (κ3) is 2.82. The predicted molar refractivity (Wildman–Crippen MR) is 84.8 cm³/mol. The lowest BCUT2D eigenvalue weighted by molar-refractivity contribution is -0.132. The maximum absolute atomic E-state index is 12.3. The summed E-state index contributed by atoms with van der Waals surface area (Å²) in [5.74, 6) is -0.410. The third-order valence-corrected chi connectivity index (χ3v) is 4.75. The van der Waals surface area contributed by atoms with Crippen LogP contribution in [0.25, 0.3) is 0 Å². The molecule has 0 radical (unpaired) electrons. The van der Waals surface area contributed by atoms with Crippen molar-refractivity contribution < 1.29 is 9.59 Å². The largest absolute Gasteiger partial charge is 0.272 e. The van der Waals surface area contributed by atoms with E-state index in [2.05, 4.69) is 10.4 Å². The van der Waals surface area contributed by atoms with Gasteiger partial charge in [-0.1, -0.05) is 30.3 Å². The molecule has 22 heavy (non-hydrogen) atoms. The van der Waals surface area contributed by atoms with Crippen LogP contribution in [0.15, 0.2) is 54.9 Å². The fourth-order valence-electron chi connectivity index (χ4n) is 2.26. The van der Waals surface area contributed by atoms with Crippen molar-refractivity contribution in [2.24, 2.45) is 0 Å². The second kappa shape index (κ2) is 6.19. The lowest BCUT2D eigenvalue weighted by Crippen LogP contribution is -2.45. The topological polar surface area (TPSA) is 62.3 Å². The zero-order valence-electron chi connectivity index (χ0n) is 12.0. The number of rotatable bonds is 3. The number of hydrogen-bond donors (Lipinski definition) is 1. The monoisotopic (exact) mass is 313 g/mol. The highest BCUT2D eigenvalue weighted by Crippen LogP contribution is 2.41. The molecule has 1 aromatic carbocycles. The molecule has 2 heterocycles. The number of carbonyl (C=O) groups excluding carboxylic acids is 2. The Kier molecular flexibility index (Phi) is 4.11. The molecule has 1 fully saturated rings. The molecule has 1 aliphatic rings. The van der Waals surface area contributed by atoms with E-state index in [1.807, 2.05) is 37.3 Å². The zero-order valence-corrected chi connectivity index (χ0v) is 12.8. The fourth-order valence-corrected chi connectivity index (χ4v) is 3.47. The molecule has 1 saturated heterocycles. The van der Waals surface area contributed by atoms with Crippen molar-refractivity contribution >= 4 is 23.6 Å². The van der Waals surface area contributed by atoms with Gasteiger partial charge in [0.15, 0.2) is 0 Å².